The zero-order valence-corrected chi connectivity index (χ0v) is 12.3. The van der Waals surface area contributed by atoms with Gasteiger partial charge in [-0.15, -0.1) is 0 Å². The van der Waals surface area contributed by atoms with E-state index in [1.54, 1.807) is 37.6 Å². The Hall–Kier alpha value is -1.66. The lowest BCUT2D eigenvalue weighted by molar-refractivity contribution is 0.102. The molecular formula is C12H10BrClN4O. The van der Waals surface area contributed by atoms with Gasteiger partial charge in [-0.3, -0.25) is 9.78 Å². The molecule has 0 saturated heterocycles. The third-order valence-electron chi connectivity index (χ3n) is 2.34. The summed E-state index contributed by atoms with van der Waals surface area (Å²) in [5, 5.41) is 5.87. The van der Waals surface area contributed by atoms with E-state index in [4.69, 9.17) is 11.6 Å². The monoisotopic (exact) mass is 340 g/mol. The van der Waals surface area contributed by atoms with Gasteiger partial charge < -0.3 is 10.6 Å². The minimum absolute atomic E-state index is 0.164. The summed E-state index contributed by atoms with van der Waals surface area (Å²) < 4.78 is 0.684. The number of rotatable bonds is 3. The fourth-order valence-corrected chi connectivity index (χ4v) is 1.94. The number of nitrogens with one attached hydrogen (secondary N) is 2. The van der Waals surface area contributed by atoms with E-state index in [2.05, 4.69) is 36.5 Å². The lowest BCUT2D eigenvalue weighted by Crippen LogP contribution is -2.15. The highest BCUT2D eigenvalue weighted by molar-refractivity contribution is 9.10. The predicted octanol–water partition coefficient (Wildman–Crippen LogP) is 3.19. The van der Waals surface area contributed by atoms with Crippen molar-refractivity contribution < 1.29 is 4.79 Å². The van der Waals surface area contributed by atoms with Gasteiger partial charge >= 0.3 is 0 Å². The first-order chi connectivity index (χ1) is 9.11. The molecule has 0 atom stereocenters. The van der Waals surface area contributed by atoms with Crippen molar-refractivity contribution in [3.63, 3.8) is 0 Å². The summed E-state index contributed by atoms with van der Waals surface area (Å²) >= 11 is 9.28. The van der Waals surface area contributed by atoms with Crippen LogP contribution >= 0.6 is 27.5 Å². The smallest absolute Gasteiger partial charge is 0.275 e. The minimum Gasteiger partial charge on any atom is -0.373 e. The number of aromatic nitrogens is 2. The summed E-state index contributed by atoms with van der Waals surface area (Å²) in [5.74, 6) is 0.192. The molecule has 7 heteroatoms. The molecule has 2 rings (SSSR count). The van der Waals surface area contributed by atoms with Gasteiger partial charge in [0.05, 0.1) is 15.2 Å². The quantitative estimate of drug-likeness (QED) is 0.900. The molecule has 5 nitrogen and oxygen atoms in total. The Morgan fingerprint density at radius 2 is 2.16 bits per heavy atom. The summed E-state index contributed by atoms with van der Waals surface area (Å²) in [6, 6.07) is 5.00. The van der Waals surface area contributed by atoms with Crippen LogP contribution in [0.25, 0.3) is 0 Å². The van der Waals surface area contributed by atoms with Gasteiger partial charge in [-0.25, -0.2) is 4.98 Å². The van der Waals surface area contributed by atoms with Crippen LogP contribution in [0.3, 0.4) is 0 Å². The topological polar surface area (TPSA) is 66.9 Å². The molecule has 0 bridgehead atoms. The molecule has 19 heavy (non-hydrogen) atoms. The van der Waals surface area contributed by atoms with Gasteiger partial charge in [-0.2, -0.15) is 0 Å². The number of nitrogens with zero attached hydrogens (tertiary/aromatic N) is 2. The van der Waals surface area contributed by atoms with Crippen molar-refractivity contribution in [2.45, 2.75) is 0 Å². The first-order valence-electron chi connectivity index (χ1n) is 5.37. The van der Waals surface area contributed by atoms with Crippen molar-refractivity contribution in [2.24, 2.45) is 0 Å². The van der Waals surface area contributed by atoms with E-state index in [1.807, 2.05) is 0 Å². The molecule has 0 aliphatic rings. The molecule has 2 aromatic heterocycles. The average molecular weight is 342 g/mol. The molecule has 0 aromatic carbocycles. The normalized spacial score (nSPS) is 10.1. The Balaban J connectivity index is 2.28. The van der Waals surface area contributed by atoms with Crippen molar-refractivity contribution in [3.8, 4) is 0 Å². The molecule has 98 valence electrons. The third kappa shape index (κ3) is 3.21. The van der Waals surface area contributed by atoms with Crippen LogP contribution in [0, 0.1) is 0 Å². The predicted molar refractivity (Wildman–Crippen MR) is 78.7 cm³/mol. The van der Waals surface area contributed by atoms with E-state index in [9.17, 15) is 4.79 Å². The Bertz CT molecular complexity index is 620. The van der Waals surface area contributed by atoms with E-state index >= 15 is 0 Å². The second kappa shape index (κ2) is 5.99. The lowest BCUT2D eigenvalue weighted by atomic mass is 10.3. The maximum absolute atomic E-state index is 12.1. The number of pyridine rings is 2. The molecule has 0 radical (unpaired) electrons. The van der Waals surface area contributed by atoms with Gasteiger partial charge in [-0.05, 0) is 34.1 Å². The largest absolute Gasteiger partial charge is 0.373 e. The van der Waals surface area contributed by atoms with Gasteiger partial charge in [0.15, 0.2) is 0 Å². The standard InChI is InChI=1S/C12H10BrClN4O/c1-15-10-3-2-8(14)11(18-10)12(19)17-9-4-5-16-6-7(9)13/h2-6H,1H3,(H,15,18)(H,16,17,19). The lowest BCUT2D eigenvalue weighted by Gasteiger charge is -2.08. The molecule has 2 aromatic rings. The maximum Gasteiger partial charge on any atom is 0.275 e. The van der Waals surface area contributed by atoms with Gasteiger partial charge in [0, 0.05) is 19.4 Å². The van der Waals surface area contributed by atoms with Crippen molar-refractivity contribution in [3.05, 3.63) is 45.8 Å². The Labute approximate surface area is 123 Å². The number of carbonyl (C=O) groups excluding carboxylic acids is 1. The molecule has 0 fully saturated rings. The highest BCUT2D eigenvalue weighted by atomic mass is 79.9. The number of anilines is 2. The van der Waals surface area contributed by atoms with Crippen molar-refractivity contribution >= 4 is 44.9 Å². The first-order valence-corrected chi connectivity index (χ1v) is 6.54. The Morgan fingerprint density at radius 1 is 1.37 bits per heavy atom. The number of hydrogen-bond donors (Lipinski definition) is 2. The highest BCUT2D eigenvalue weighted by Gasteiger charge is 2.14. The second-order valence-corrected chi connectivity index (χ2v) is 4.85. The molecule has 1 amide bonds. The van der Waals surface area contributed by atoms with E-state index in [1.165, 1.54) is 0 Å². The molecule has 0 unspecified atom stereocenters. The number of carbonyl (C=O) groups is 1. The maximum atomic E-state index is 12.1. The molecule has 0 saturated carbocycles. The summed E-state index contributed by atoms with van der Waals surface area (Å²) in [7, 11) is 1.72. The molecular weight excluding hydrogens is 332 g/mol. The Morgan fingerprint density at radius 3 is 2.84 bits per heavy atom. The van der Waals surface area contributed by atoms with Crippen LogP contribution in [0.5, 0.6) is 0 Å². The van der Waals surface area contributed by atoms with Crippen molar-refractivity contribution in [1.29, 1.82) is 0 Å². The summed E-state index contributed by atoms with van der Waals surface area (Å²) in [6.07, 6.45) is 3.17. The van der Waals surface area contributed by atoms with Crippen LogP contribution in [0.4, 0.5) is 11.5 Å². The zero-order chi connectivity index (χ0) is 13.8. The van der Waals surface area contributed by atoms with E-state index < -0.39 is 0 Å². The molecule has 0 aliphatic heterocycles. The molecule has 2 heterocycles. The average Bonchev–Trinajstić information content (AvgIpc) is 2.42. The third-order valence-corrected chi connectivity index (χ3v) is 3.27. The zero-order valence-electron chi connectivity index (χ0n) is 9.95. The summed E-state index contributed by atoms with van der Waals surface area (Å²) in [6.45, 7) is 0. The summed E-state index contributed by atoms with van der Waals surface area (Å²) in [4.78, 5) is 20.2. The van der Waals surface area contributed by atoms with Gasteiger partial charge in [0.2, 0.25) is 0 Å². The fourth-order valence-electron chi connectivity index (χ4n) is 1.40. The molecule has 2 N–H and O–H groups in total. The SMILES string of the molecule is CNc1ccc(Cl)c(C(=O)Nc2ccncc2Br)n1. The fraction of sp³-hybridized carbons (Fsp3) is 0.0833. The minimum atomic E-state index is -0.381. The van der Waals surface area contributed by atoms with Crippen LogP contribution in [-0.4, -0.2) is 22.9 Å². The highest BCUT2D eigenvalue weighted by Crippen LogP contribution is 2.22. The number of amides is 1. The van der Waals surface area contributed by atoms with Gasteiger partial charge in [-0.1, -0.05) is 11.6 Å². The summed E-state index contributed by atoms with van der Waals surface area (Å²) in [5.41, 5.74) is 0.768. The van der Waals surface area contributed by atoms with Gasteiger partial charge in [0.25, 0.3) is 5.91 Å². The van der Waals surface area contributed by atoms with Gasteiger partial charge in [0.1, 0.15) is 11.5 Å². The van der Waals surface area contributed by atoms with Crippen molar-refractivity contribution in [1.82, 2.24) is 9.97 Å². The number of hydrogen-bond acceptors (Lipinski definition) is 4. The molecule has 0 spiro atoms. The first kappa shape index (κ1) is 13.8. The van der Waals surface area contributed by atoms with Crippen LogP contribution in [-0.2, 0) is 0 Å². The van der Waals surface area contributed by atoms with Crippen LogP contribution in [0.15, 0.2) is 35.1 Å². The molecule has 0 aliphatic carbocycles. The van der Waals surface area contributed by atoms with Crippen LogP contribution < -0.4 is 10.6 Å². The van der Waals surface area contributed by atoms with Crippen molar-refractivity contribution in [2.75, 3.05) is 17.7 Å². The van der Waals surface area contributed by atoms with E-state index in [0.717, 1.165) is 0 Å². The second-order valence-electron chi connectivity index (χ2n) is 3.59. The van der Waals surface area contributed by atoms with E-state index in [0.29, 0.717) is 21.0 Å². The number of halogens is 2. The Kier molecular flexibility index (Phi) is 4.34. The van der Waals surface area contributed by atoms with Crippen LogP contribution in [0.1, 0.15) is 10.5 Å². The van der Waals surface area contributed by atoms with E-state index in [-0.39, 0.29) is 11.6 Å². The van der Waals surface area contributed by atoms with Crippen LogP contribution in [0.2, 0.25) is 5.02 Å².